The minimum Gasteiger partial charge on any atom is -0.464 e. The first-order chi connectivity index (χ1) is 29.0. The molecule has 0 aliphatic carbocycles. The number of hydrogen-bond acceptors (Lipinski definition) is 8. The van der Waals surface area contributed by atoms with E-state index in [1.165, 1.54) is 154 Å². The van der Waals surface area contributed by atoms with Gasteiger partial charge in [-0.15, -0.1) is 0 Å². The number of rotatable bonds is 44. The van der Waals surface area contributed by atoms with Gasteiger partial charge in [-0.05, 0) is 47.0 Å². The van der Waals surface area contributed by atoms with E-state index in [4.69, 9.17) is 23.7 Å². The highest BCUT2D eigenvalue weighted by molar-refractivity contribution is 5.82. The maximum atomic E-state index is 13.2. The lowest BCUT2D eigenvalue weighted by Crippen LogP contribution is -2.49. The van der Waals surface area contributed by atoms with E-state index < -0.39 is 29.8 Å². The molecule has 0 aliphatic rings. The van der Waals surface area contributed by atoms with Gasteiger partial charge in [-0.1, -0.05) is 194 Å². The lowest BCUT2D eigenvalue weighted by Gasteiger charge is -2.29. The Bertz CT molecular complexity index is 991. The highest BCUT2D eigenvalue weighted by Gasteiger charge is 2.26. The van der Waals surface area contributed by atoms with Crippen LogP contribution in [0.1, 0.15) is 247 Å². The largest absolute Gasteiger partial charge is 0.464 e. The molecule has 0 aromatic rings. The first-order valence-electron chi connectivity index (χ1n) is 25.2. The van der Waals surface area contributed by atoms with Gasteiger partial charge in [0.05, 0.1) is 44.2 Å². The van der Waals surface area contributed by atoms with Gasteiger partial charge < -0.3 is 34.3 Å². The molecule has 10 heteroatoms. The average Bonchev–Trinajstić information content (AvgIpc) is 3.21. The predicted molar refractivity (Wildman–Crippen MR) is 249 cm³/mol. The van der Waals surface area contributed by atoms with Crippen molar-refractivity contribution in [2.24, 2.45) is 0 Å². The maximum absolute atomic E-state index is 13.2. The van der Waals surface area contributed by atoms with Crippen molar-refractivity contribution in [2.45, 2.75) is 264 Å². The molecule has 0 saturated carbocycles. The molecule has 1 atom stereocenters. The molecule has 1 unspecified atom stereocenters. The summed E-state index contributed by atoms with van der Waals surface area (Å²) in [5.41, 5.74) is -0.823. The standard InChI is InChI=1S/C50H98N2O8/c1-8-10-12-14-16-18-20-22-24-25-27-29-31-33-35-37-41-59-48(55)52-45(46(53)57-42-38-50(5,6)60-43-39-49(3,4)56-7)44-51-47(54)58-40-36-34-32-30-28-26-23-21-19-17-15-13-11-9-2/h45H,8-44H2,1-7H3,(H,51,54)(H,52,55). The van der Waals surface area contributed by atoms with Gasteiger partial charge in [0.2, 0.25) is 0 Å². The van der Waals surface area contributed by atoms with E-state index in [1.54, 1.807) is 7.11 Å². The minimum atomic E-state index is -1.12. The summed E-state index contributed by atoms with van der Waals surface area (Å²) in [5, 5.41) is 5.23. The molecule has 356 valence electrons. The monoisotopic (exact) mass is 855 g/mol. The van der Waals surface area contributed by atoms with Gasteiger partial charge in [-0.25, -0.2) is 14.4 Å². The second kappa shape index (κ2) is 41.0. The van der Waals surface area contributed by atoms with Crippen LogP contribution >= 0.6 is 0 Å². The summed E-state index contributed by atoms with van der Waals surface area (Å²) < 4.78 is 27.9. The van der Waals surface area contributed by atoms with E-state index in [9.17, 15) is 14.4 Å². The van der Waals surface area contributed by atoms with Crippen LogP contribution < -0.4 is 10.6 Å². The molecule has 0 aromatic carbocycles. The molecular weight excluding hydrogens is 757 g/mol. The van der Waals surface area contributed by atoms with E-state index in [2.05, 4.69) is 24.5 Å². The highest BCUT2D eigenvalue weighted by atomic mass is 16.6. The molecule has 10 nitrogen and oxygen atoms in total. The van der Waals surface area contributed by atoms with Crippen LogP contribution in [-0.4, -0.2) is 75.5 Å². The third-order valence-corrected chi connectivity index (χ3v) is 11.7. The first-order valence-corrected chi connectivity index (χ1v) is 25.2. The fraction of sp³-hybridized carbons (Fsp3) is 0.940. The van der Waals surface area contributed by atoms with Crippen LogP contribution in [0.4, 0.5) is 9.59 Å². The summed E-state index contributed by atoms with van der Waals surface area (Å²) in [4.78, 5) is 38.4. The number of amides is 2. The molecule has 0 aromatic heterocycles. The van der Waals surface area contributed by atoms with E-state index in [0.29, 0.717) is 19.6 Å². The number of hydrogen-bond donors (Lipinski definition) is 2. The Kier molecular flexibility index (Phi) is 39.6. The van der Waals surface area contributed by atoms with Gasteiger partial charge >= 0.3 is 18.2 Å². The quantitative estimate of drug-likeness (QED) is 0.0353. The van der Waals surface area contributed by atoms with Crippen molar-refractivity contribution in [1.82, 2.24) is 10.6 Å². The summed E-state index contributed by atoms with van der Waals surface area (Å²) in [6.45, 7) is 13.4. The lowest BCUT2D eigenvalue weighted by atomic mass is 10.0. The van der Waals surface area contributed by atoms with Crippen LogP contribution in [0.3, 0.4) is 0 Å². The summed E-state index contributed by atoms with van der Waals surface area (Å²) in [6, 6.07) is -1.12. The Morgan fingerprint density at radius 1 is 0.433 bits per heavy atom. The Labute approximate surface area is 370 Å². The Balaban J connectivity index is 4.46. The summed E-state index contributed by atoms with van der Waals surface area (Å²) in [5.74, 6) is -0.655. The molecule has 2 N–H and O–H groups in total. The molecule has 0 bridgehead atoms. The van der Waals surface area contributed by atoms with Gasteiger partial charge in [-0.2, -0.15) is 0 Å². The molecule has 60 heavy (non-hydrogen) atoms. The van der Waals surface area contributed by atoms with Crippen molar-refractivity contribution in [2.75, 3.05) is 40.1 Å². The van der Waals surface area contributed by atoms with E-state index in [1.807, 2.05) is 27.7 Å². The zero-order valence-electron chi connectivity index (χ0n) is 40.5. The van der Waals surface area contributed by atoms with Gasteiger partial charge in [0.25, 0.3) is 0 Å². The third-order valence-electron chi connectivity index (χ3n) is 11.7. The molecule has 0 spiro atoms. The van der Waals surface area contributed by atoms with Crippen LogP contribution in [0.25, 0.3) is 0 Å². The summed E-state index contributed by atoms with van der Waals surface area (Å²) in [6.07, 6.45) is 37.8. The Morgan fingerprint density at radius 2 is 0.783 bits per heavy atom. The minimum absolute atomic E-state index is 0.0928. The number of methoxy groups -OCH3 is 1. The number of unbranched alkanes of at least 4 members (excludes halogenated alkanes) is 28. The van der Waals surface area contributed by atoms with E-state index in [0.717, 1.165) is 44.9 Å². The van der Waals surface area contributed by atoms with Crippen molar-refractivity contribution in [3.8, 4) is 0 Å². The topological polar surface area (TPSA) is 121 Å². The number of carbonyl (C=O) groups excluding carboxylic acids is 3. The third kappa shape index (κ3) is 40.0. The Hall–Kier alpha value is -2.07. The highest BCUT2D eigenvalue weighted by Crippen LogP contribution is 2.20. The zero-order chi connectivity index (χ0) is 44.4. The average molecular weight is 855 g/mol. The maximum Gasteiger partial charge on any atom is 0.407 e. The van der Waals surface area contributed by atoms with Crippen LogP contribution in [0.2, 0.25) is 0 Å². The SMILES string of the molecule is CCCCCCCCCCCCCCCCCCOC(=O)NC(CNC(=O)OCCCCCCCCCCCCCCCC)C(=O)OCCC(C)(C)OCCC(C)(C)OC. The van der Waals surface area contributed by atoms with Crippen LogP contribution in [0.5, 0.6) is 0 Å². The molecule has 0 radical (unpaired) electrons. The Morgan fingerprint density at radius 3 is 1.17 bits per heavy atom. The molecule has 0 heterocycles. The number of carbonyl (C=O) groups is 3. The number of ether oxygens (including phenoxy) is 5. The van der Waals surface area contributed by atoms with Crippen LogP contribution in [0.15, 0.2) is 0 Å². The lowest BCUT2D eigenvalue weighted by molar-refractivity contribution is -0.148. The number of esters is 1. The molecular formula is C50H98N2O8. The fourth-order valence-electron chi connectivity index (χ4n) is 7.14. The van der Waals surface area contributed by atoms with Gasteiger partial charge in [0.1, 0.15) is 6.04 Å². The van der Waals surface area contributed by atoms with E-state index >= 15 is 0 Å². The normalized spacial score (nSPS) is 12.3. The molecule has 0 fully saturated rings. The molecule has 2 amide bonds. The predicted octanol–water partition coefficient (Wildman–Crippen LogP) is 14.1. The van der Waals surface area contributed by atoms with Crippen molar-refractivity contribution in [3.63, 3.8) is 0 Å². The van der Waals surface area contributed by atoms with Crippen molar-refractivity contribution >= 4 is 18.2 Å². The smallest absolute Gasteiger partial charge is 0.407 e. The van der Waals surface area contributed by atoms with Crippen molar-refractivity contribution < 1.29 is 38.1 Å². The van der Waals surface area contributed by atoms with Gasteiger partial charge in [0, 0.05) is 13.5 Å². The second-order valence-corrected chi connectivity index (χ2v) is 18.5. The second-order valence-electron chi connectivity index (χ2n) is 18.5. The number of nitrogens with one attached hydrogen (secondary N) is 2. The van der Waals surface area contributed by atoms with Crippen LogP contribution in [0, 0.1) is 0 Å². The van der Waals surface area contributed by atoms with Gasteiger partial charge in [0.15, 0.2) is 0 Å². The zero-order valence-corrected chi connectivity index (χ0v) is 40.5. The molecule has 0 rings (SSSR count). The van der Waals surface area contributed by atoms with Gasteiger partial charge in [-0.3, -0.25) is 0 Å². The molecule has 0 saturated heterocycles. The van der Waals surface area contributed by atoms with Crippen molar-refractivity contribution in [3.05, 3.63) is 0 Å². The number of alkyl carbamates (subject to hydrolysis) is 2. The molecule has 0 aliphatic heterocycles. The summed E-state index contributed by atoms with van der Waals surface area (Å²) in [7, 11) is 1.68. The van der Waals surface area contributed by atoms with Crippen LogP contribution in [-0.2, 0) is 28.5 Å². The van der Waals surface area contributed by atoms with E-state index in [-0.39, 0.29) is 25.4 Å². The summed E-state index contributed by atoms with van der Waals surface area (Å²) >= 11 is 0. The first kappa shape index (κ1) is 57.9. The van der Waals surface area contributed by atoms with Crippen molar-refractivity contribution in [1.29, 1.82) is 0 Å². The fourth-order valence-corrected chi connectivity index (χ4v) is 7.14.